The highest BCUT2D eigenvalue weighted by Gasteiger charge is 2.10. The summed E-state index contributed by atoms with van der Waals surface area (Å²) in [6, 6.07) is 13.1. The zero-order valence-corrected chi connectivity index (χ0v) is 15.1. The summed E-state index contributed by atoms with van der Waals surface area (Å²) in [5.41, 5.74) is 3.78. The Bertz CT molecular complexity index is 774. The number of hydrazone groups is 1. The van der Waals surface area contributed by atoms with Crippen molar-refractivity contribution in [2.45, 2.75) is 26.4 Å². The molecular weight excluding hydrogens is 349 g/mol. The number of halogens is 1. The number of nitrogens with one attached hydrogen (secondary N) is 2. The van der Waals surface area contributed by atoms with E-state index in [9.17, 15) is 14.0 Å². The molecule has 2 amide bonds. The van der Waals surface area contributed by atoms with Gasteiger partial charge in [0.25, 0.3) is 0 Å². The van der Waals surface area contributed by atoms with Crippen LogP contribution in [0.5, 0.6) is 5.75 Å². The molecule has 0 aliphatic rings. The third kappa shape index (κ3) is 7.27. The van der Waals surface area contributed by atoms with Crippen LogP contribution in [0.3, 0.4) is 0 Å². The predicted octanol–water partition coefficient (Wildman–Crippen LogP) is 2.77. The van der Waals surface area contributed by atoms with Crippen LogP contribution < -0.4 is 15.5 Å². The molecule has 0 bridgehead atoms. The van der Waals surface area contributed by atoms with E-state index in [-0.39, 0.29) is 5.82 Å². The number of hydrogen-bond donors (Lipinski definition) is 2. The molecule has 0 radical (unpaired) electrons. The van der Waals surface area contributed by atoms with Crippen LogP contribution in [0.25, 0.3) is 0 Å². The molecule has 2 N–H and O–H groups in total. The molecule has 0 atom stereocenters. The van der Waals surface area contributed by atoms with Crippen molar-refractivity contribution in [2.24, 2.45) is 5.10 Å². The van der Waals surface area contributed by atoms with Gasteiger partial charge in [0.05, 0.1) is 6.21 Å². The van der Waals surface area contributed by atoms with E-state index in [0.717, 1.165) is 24.0 Å². The summed E-state index contributed by atoms with van der Waals surface area (Å²) in [5, 5.41) is 6.27. The molecule has 0 saturated heterocycles. The molecule has 6 nitrogen and oxygen atoms in total. The highest BCUT2D eigenvalue weighted by atomic mass is 19.1. The summed E-state index contributed by atoms with van der Waals surface area (Å²) < 4.78 is 18.5. The molecule has 27 heavy (non-hydrogen) atoms. The van der Waals surface area contributed by atoms with Crippen molar-refractivity contribution in [1.82, 2.24) is 10.7 Å². The minimum Gasteiger partial charge on any atom is -0.489 e. The van der Waals surface area contributed by atoms with Crippen molar-refractivity contribution < 1.29 is 18.7 Å². The van der Waals surface area contributed by atoms with Crippen molar-refractivity contribution in [3.63, 3.8) is 0 Å². The molecule has 0 aliphatic carbocycles. The first kappa shape index (κ1) is 20.1. The van der Waals surface area contributed by atoms with E-state index in [0.29, 0.717) is 18.9 Å². The smallest absolute Gasteiger partial charge is 0.329 e. The minimum absolute atomic E-state index is 0.284. The standard InChI is InChI=1S/C20H22FN3O3/c1-2-3-12-22-19(25)20(26)24-23-13-15-6-10-18(11-7-15)27-14-16-4-8-17(21)9-5-16/h4-11,13H,2-3,12,14H2,1H3,(H,22,25)(H,24,26)/b23-13-. The molecule has 0 saturated carbocycles. The van der Waals surface area contributed by atoms with Gasteiger partial charge in [-0.2, -0.15) is 5.10 Å². The molecule has 0 heterocycles. The van der Waals surface area contributed by atoms with Gasteiger partial charge in [-0.05, 0) is 53.9 Å². The lowest BCUT2D eigenvalue weighted by Gasteiger charge is -2.06. The largest absolute Gasteiger partial charge is 0.489 e. The lowest BCUT2D eigenvalue weighted by molar-refractivity contribution is -0.139. The average Bonchev–Trinajstić information content (AvgIpc) is 2.68. The highest BCUT2D eigenvalue weighted by molar-refractivity contribution is 6.35. The zero-order valence-electron chi connectivity index (χ0n) is 15.1. The fraction of sp³-hybridized carbons (Fsp3) is 0.250. The Balaban J connectivity index is 1.77. The number of benzene rings is 2. The second-order valence-corrected chi connectivity index (χ2v) is 5.79. The first-order valence-corrected chi connectivity index (χ1v) is 8.67. The number of rotatable bonds is 8. The molecule has 0 aromatic heterocycles. The Hall–Kier alpha value is -3.22. The van der Waals surface area contributed by atoms with Gasteiger partial charge in [-0.25, -0.2) is 9.82 Å². The van der Waals surface area contributed by atoms with Gasteiger partial charge in [0.1, 0.15) is 18.2 Å². The lowest BCUT2D eigenvalue weighted by Crippen LogP contribution is -2.38. The van der Waals surface area contributed by atoms with Crippen LogP contribution in [-0.4, -0.2) is 24.6 Å². The Morgan fingerprint density at radius 3 is 2.44 bits per heavy atom. The Labute approximate surface area is 157 Å². The third-order valence-corrected chi connectivity index (χ3v) is 3.60. The fourth-order valence-corrected chi connectivity index (χ4v) is 2.07. The number of unbranched alkanes of at least 4 members (excludes halogenated alkanes) is 1. The normalized spacial score (nSPS) is 10.6. The zero-order chi connectivity index (χ0) is 19.5. The Kier molecular flexibility index (Phi) is 7.96. The Morgan fingerprint density at radius 1 is 1.07 bits per heavy atom. The summed E-state index contributed by atoms with van der Waals surface area (Å²) in [6.07, 6.45) is 3.18. The predicted molar refractivity (Wildman–Crippen MR) is 101 cm³/mol. The highest BCUT2D eigenvalue weighted by Crippen LogP contribution is 2.13. The van der Waals surface area contributed by atoms with Crippen LogP contribution in [0, 0.1) is 5.82 Å². The van der Waals surface area contributed by atoms with Gasteiger partial charge in [-0.15, -0.1) is 0 Å². The maximum absolute atomic E-state index is 12.9. The summed E-state index contributed by atoms with van der Waals surface area (Å²) in [6.45, 7) is 2.79. The van der Waals surface area contributed by atoms with E-state index in [1.165, 1.54) is 18.3 Å². The topological polar surface area (TPSA) is 79.8 Å². The molecule has 142 valence electrons. The lowest BCUT2D eigenvalue weighted by atomic mass is 10.2. The van der Waals surface area contributed by atoms with Crippen molar-refractivity contribution in [1.29, 1.82) is 0 Å². The van der Waals surface area contributed by atoms with Crippen molar-refractivity contribution in [2.75, 3.05) is 6.54 Å². The molecular formula is C20H22FN3O3. The van der Waals surface area contributed by atoms with Gasteiger partial charge in [0.2, 0.25) is 0 Å². The van der Waals surface area contributed by atoms with Gasteiger partial charge < -0.3 is 10.1 Å². The van der Waals surface area contributed by atoms with Gasteiger partial charge in [-0.1, -0.05) is 25.5 Å². The first-order valence-electron chi connectivity index (χ1n) is 8.67. The van der Waals surface area contributed by atoms with Crippen LogP contribution in [0.15, 0.2) is 53.6 Å². The van der Waals surface area contributed by atoms with E-state index < -0.39 is 11.8 Å². The van der Waals surface area contributed by atoms with E-state index in [1.807, 2.05) is 6.92 Å². The summed E-state index contributed by atoms with van der Waals surface area (Å²) >= 11 is 0. The van der Waals surface area contributed by atoms with Crippen LogP contribution in [0.2, 0.25) is 0 Å². The molecule has 2 aromatic rings. The van der Waals surface area contributed by atoms with Gasteiger partial charge in [-0.3, -0.25) is 9.59 Å². The number of carbonyl (C=O) groups is 2. The minimum atomic E-state index is -0.804. The molecule has 2 aromatic carbocycles. The molecule has 7 heteroatoms. The van der Waals surface area contributed by atoms with Crippen molar-refractivity contribution >= 4 is 18.0 Å². The monoisotopic (exact) mass is 371 g/mol. The van der Waals surface area contributed by atoms with Crippen LogP contribution in [0.4, 0.5) is 4.39 Å². The van der Waals surface area contributed by atoms with E-state index in [1.54, 1.807) is 36.4 Å². The number of hydrogen-bond acceptors (Lipinski definition) is 4. The number of ether oxygens (including phenoxy) is 1. The Morgan fingerprint density at radius 2 is 1.78 bits per heavy atom. The maximum Gasteiger partial charge on any atom is 0.329 e. The molecule has 0 fully saturated rings. The van der Waals surface area contributed by atoms with Gasteiger partial charge in [0.15, 0.2) is 0 Å². The van der Waals surface area contributed by atoms with Crippen molar-refractivity contribution in [3.05, 3.63) is 65.5 Å². The fourth-order valence-electron chi connectivity index (χ4n) is 2.07. The van der Waals surface area contributed by atoms with E-state index in [4.69, 9.17) is 4.74 Å². The van der Waals surface area contributed by atoms with E-state index >= 15 is 0 Å². The number of carbonyl (C=O) groups excluding carboxylic acids is 2. The second kappa shape index (κ2) is 10.7. The van der Waals surface area contributed by atoms with Crippen LogP contribution >= 0.6 is 0 Å². The quantitative estimate of drug-likeness (QED) is 0.324. The first-order chi connectivity index (χ1) is 13.1. The third-order valence-electron chi connectivity index (χ3n) is 3.60. The van der Waals surface area contributed by atoms with Crippen LogP contribution in [-0.2, 0) is 16.2 Å². The summed E-state index contributed by atoms with van der Waals surface area (Å²) in [4.78, 5) is 23.0. The summed E-state index contributed by atoms with van der Waals surface area (Å²) in [5.74, 6) is -1.14. The number of nitrogens with zero attached hydrogens (tertiary/aromatic N) is 1. The van der Waals surface area contributed by atoms with Gasteiger partial charge in [0, 0.05) is 6.54 Å². The average molecular weight is 371 g/mol. The molecule has 0 unspecified atom stereocenters. The summed E-state index contributed by atoms with van der Waals surface area (Å²) in [7, 11) is 0. The SMILES string of the molecule is CCCCNC(=O)C(=O)N/N=C\c1ccc(OCc2ccc(F)cc2)cc1. The molecule has 0 spiro atoms. The van der Waals surface area contributed by atoms with Crippen molar-refractivity contribution in [3.8, 4) is 5.75 Å². The number of amides is 2. The maximum atomic E-state index is 12.9. The van der Waals surface area contributed by atoms with Crippen LogP contribution in [0.1, 0.15) is 30.9 Å². The van der Waals surface area contributed by atoms with Gasteiger partial charge >= 0.3 is 11.8 Å². The molecule has 0 aliphatic heterocycles. The van der Waals surface area contributed by atoms with E-state index in [2.05, 4.69) is 15.8 Å². The second-order valence-electron chi connectivity index (χ2n) is 5.79. The molecule has 2 rings (SSSR count).